The van der Waals surface area contributed by atoms with Crippen molar-refractivity contribution >= 4 is 5.90 Å². The Kier molecular flexibility index (Phi) is 2.13. The third-order valence-corrected chi connectivity index (χ3v) is 2.08. The van der Waals surface area contributed by atoms with Gasteiger partial charge in [0, 0.05) is 11.8 Å². The van der Waals surface area contributed by atoms with Crippen molar-refractivity contribution in [3.8, 4) is 0 Å². The van der Waals surface area contributed by atoms with Gasteiger partial charge in [-0.25, -0.2) is 4.99 Å². The van der Waals surface area contributed by atoms with Gasteiger partial charge in [-0.3, -0.25) is 0 Å². The summed E-state index contributed by atoms with van der Waals surface area (Å²) < 4.78 is 5.20. The summed E-state index contributed by atoms with van der Waals surface area (Å²) >= 11 is 0. The monoisotopic (exact) mass is 173 g/mol. The summed E-state index contributed by atoms with van der Waals surface area (Å²) in [5.41, 5.74) is 2.35. The maximum Gasteiger partial charge on any atom is 0.220 e. The average Bonchev–Trinajstić information content (AvgIpc) is 2.39. The van der Waals surface area contributed by atoms with Gasteiger partial charge >= 0.3 is 0 Å². The quantitative estimate of drug-likeness (QED) is 0.589. The van der Waals surface area contributed by atoms with E-state index in [0.29, 0.717) is 5.90 Å². The van der Waals surface area contributed by atoms with Crippen molar-refractivity contribution < 1.29 is 4.74 Å². The lowest BCUT2D eigenvalue weighted by Crippen LogP contribution is -2.05. The average molecular weight is 173 g/mol. The van der Waals surface area contributed by atoms with Crippen molar-refractivity contribution in [2.75, 3.05) is 7.11 Å². The Labute approximate surface area is 77.6 Å². The van der Waals surface area contributed by atoms with E-state index in [1.54, 1.807) is 13.3 Å². The Bertz CT molecular complexity index is 366. The molecule has 0 unspecified atom stereocenters. The molecule has 0 atom stereocenters. The summed E-state index contributed by atoms with van der Waals surface area (Å²) in [4.78, 5) is 4.20. The van der Waals surface area contributed by atoms with Gasteiger partial charge in [-0.2, -0.15) is 0 Å². The number of hydrogen-bond acceptors (Lipinski definition) is 2. The molecule has 0 amide bonds. The van der Waals surface area contributed by atoms with Crippen molar-refractivity contribution in [3.63, 3.8) is 0 Å². The largest absolute Gasteiger partial charge is 0.481 e. The lowest BCUT2D eigenvalue weighted by Gasteiger charge is -2.06. The highest BCUT2D eigenvalue weighted by Crippen LogP contribution is 2.14. The minimum Gasteiger partial charge on any atom is -0.481 e. The lowest BCUT2D eigenvalue weighted by atomic mass is 10.1. The number of aliphatic imine (C=N–C) groups is 1. The number of hydrogen-bond donors (Lipinski definition) is 0. The molecule has 1 aromatic rings. The van der Waals surface area contributed by atoms with E-state index in [4.69, 9.17) is 4.74 Å². The highest BCUT2D eigenvalue weighted by molar-refractivity contribution is 5.96. The molecule has 0 saturated heterocycles. The molecule has 13 heavy (non-hydrogen) atoms. The van der Waals surface area contributed by atoms with Crippen molar-refractivity contribution in [2.45, 2.75) is 6.42 Å². The molecule has 2 rings (SSSR count). The third-order valence-electron chi connectivity index (χ3n) is 2.08. The summed E-state index contributed by atoms with van der Waals surface area (Å²) in [5, 5.41) is 0. The van der Waals surface area contributed by atoms with Gasteiger partial charge in [-0.15, -0.1) is 0 Å². The molecule has 1 aromatic carbocycles. The minimum atomic E-state index is 0.698. The second-order valence-corrected chi connectivity index (χ2v) is 2.88. The second kappa shape index (κ2) is 3.44. The fourth-order valence-electron chi connectivity index (χ4n) is 1.44. The zero-order chi connectivity index (χ0) is 9.10. The normalized spacial score (nSPS) is 14.4. The first kappa shape index (κ1) is 8.05. The van der Waals surface area contributed by atoms with Crippen LogP contribution in [0.4, 0.5) is 0 Å². The van der Waals surface area contributed by atoms with Crippen LogP contribution in [0, 0.1) is 0 Å². The zero-order valence-electron chi connectivity index (χ0n) is 7.53. The molecule has 1 aliphatic rings. The Morgan fingerprint density at radius 3 is 3.00 bits per heavy atom. The number of benzene rings is 1. The fourth-order valence-corrected chi connectivity index (χ4v) is 1.44. The number of fused-ring (bicyclic) bond motifs is 1. The van der Waals surface area contributed by atoms with E-state index in [0.717, 1.165) is 12.0 Å². The molecule has 0 aromatic heterocycles. The number of ether oxygens (including phenoxy) is 1. The van der Waals surface area contributed by atoms with Crippen molar-refractivity contribution in [1.29, 1.82) is 0 Å². The maximum atomic E-state index is 5.20. The number of nitrogens with zero attached hydrogens (tertiary/aromatic N) is 1. The van der Waals surface area contributed by atoms with Gasteiger partial charge in [-0.1, -0.05) is 24.3 Å². The van der Waals surface area contributed by atoms with E-state index >= 15 is 0 Å². The van der Waals surface area contributed by atoms with Gasteiger partial charge in [0.05, 0.1) is 7.11 Å². The first-order valence-corrected chi connectivity index (χ1v) is 4.27. The molecule has 66 valence electrons. The Morgan fingerprint density at radius 2 is 2.15 bits per heavy atom. The highest BCUT2D eigenvalue weighted by atomic mass is 16.5. The molecular formula is C11H11NO. The predicted molar refractivity (Wildman–Crippen MR) is 52.8 cm³/mol. The van der Waals surface area contributed by atoms with Crippen LogP contribution in [0.15, 0.2) is 41.5 Å². The topological polar surface area (TPSA) is 21.6 Å². The van der Waals surface area contributed by atoms with E-state index in [9.17, 15) is 0 Å². The Hall–Kier alpha value is -1.57. The zero-order valence-corrected chi connectivity index (χ0v) is 7.53. The predicted octanol–water partition coefficient (Wildman–Crippen LogP) is 2.15. The third kappa shape index (κ3) is 1.47. The van der Waals surface area contributed by atoms with Gasteiger partial charge in [0.15, 0.2) is 0 Å². The molecule has 0 fully saturated rings. The standard InChI is InChI=1S/C11H11NO/c1-13-11-10-7-3-2-5-9(10)6-4-8-12-11/h2-5,7-8H,6H2,1H3. The smallest absolute Gasteiger partial charge is 0.220 e. The molecule has 0 bridgehead atoms. The van der Waals surface area contributed by atoms with Crippen LogP contribution in [0.3, 0.4) is 0 Å². The van der Waals surface area contributed by atoms with E-state index in [-0.39, 0.29) is 0 Å². The minimum absolute atomic E-state index is 0.698. The van der Waals surface area contributed by atoms with Crippen LogP contribution in [-0.2, 0) is 11.2 Å². The highest BCUT2D eigenvalue weighted by Gasteiger charge is 2.09. The molecule has 0 radical (unpaired) electrons. The van der Waals surface area contributed by atoms with E-state index in [1.165, 1.54) is 5.56 Å². The molecule has 1 heterocycles. The molecule has 0 spiro atoms. The molecule has 0 saturated carbocycles. The first-order valence-electron chi connectivity index (χ1n) is 4.27. The molecule has 0 aliphatic carbocycles. The second-order valence-electron chi connectivity index (χ2n) is 2.88. The Balaban J connectivity index is 2.53. The summed E-state index contributed by atoms with van der Waals surface area (Å²) in [6.45, 7) is 0. The van der Waals surface area contributed by atoms with Crippen LogP contribution in [0.2, 0.25) is 0 Å². The summed E-state index contributed by atoms with van der Waals surface area (Å²) in [6, 6.07) is 8.16. The van der Waals surface area contributed by atoms with Crippen molar-refractivity contribution in [1.82, 2.24) is 0 Å². The summed E-state index contributed by atoms with van der Waals surface area (Å²) in [6.07, 6.45) is 4.75. The van der Waals surface area contributed by atoms with Crippen LogP contribution < -0.4 is 0 Å². The van der Waals surface area contributed by atoms with Crippen LogP contribution in [0.25, 0.3) is 0 Å². The van der Waals surface area contributed by atoms with Gasteiger partial charge in [0.2, 0.25) is 5.90 Å². The van der Waals surface area contributed by atoms with Gasteiger partial charge in [0.25, 0.3) is 0 Å². The number of rotatable bonds is 0. The van der Waals surface area contributed by atoms with Crippen LogP contribution in [-0.4, -0.2) is 13.0 Å². The van der Waals surface area contributed by atoms with Crippen molar-refractivity contribution in [2.24, 2.45) is 4.99 Å². The van der Waals surface area contributed by atoms with Gasteiger partial charge in [0.1, 0.15) is 0 Å². The van der Waals surface area contributed by atoms with Crippen LogP contribution in [0.5, 0.6) is 0 Å². The lowest BCUT2D eigenvalue weighted by molar-refractivity contribution is 0.404. The maximum absolute atomic E-state index is 5.20. The molecule has 2 nitrogen and oxygen atoms in total. The SMILES string of the molecule is COC1=NC=CCc2ccccc21. The number of allylic oxidation sites excluding steroid dienone is 1. The van der Waals surface area contributed by atoms with Crippen LogP contribution in [0.1, 0.15) is 11.1 Å². The summed E-state index contributed by atoms with van der Waals surface area (Å²) in [7, 11) is 1.65. The van der Waals surface area contributed by atoms with Crippen molar-refractivity contribution in [3.05, 3.63) is 47.7 Å². The molecule has 2 heteroatoms. The molecule has 0 N–H and O–H groups in total. The molecular weight excluding hydrogens is 162 g/mol. The van der Waals surface area contributed by atoms with Crippen LogP contribution >= 0.6 is 0 Å². The van der Waals surface area contributed by atoms with E-state index < -0.39 is 0 Å². The van der Waals surface area contributed by atoms with E-state index in [2.05, 4.69) is 11.1 Å². The number of methoxy groups -OCH3 is 1. The van der Waals surface area contributed by atoms with Gasteiger partial charge in [-0.05, 0) is 18.1 Å². The van der Waals surface area contributed by atoms with Gasteiger partial charge < -0.3 is 4.74 Å². The summed E-state index contributed by atoms with van der Waals surface area (Å²) in [5.74, 6) is 0.698. The first-order chi connectivity index (χ1) is 6.42. The van der Waals surface area contributed by atoms with E-state index in [1.807, 2.05) is 24.3 Å². The fraction of sp³-hybridized carbons (Fsp3) is 0.182. The Morgan fingerprint density at radius 1 is 1.31 bits per heavy atom. The molecule has 1 aliphatic heterocycles.